The summed E-state index contributed by atoms with van der Waals surface area (Å²) < 4.78 is 2.54. The molecule has 104 valence electrons. The zero-order valence-electron chi connectivity index (χ0n) is 11.3. The highest BCUT2D eigenvalue weighted by atomic mass is 79.9. The van der Waals surface area contributed by atoms with Crippen LogP contribution in [0.4, 0.5) is 0 Å². The Morgan fingerprint density at radius 1 is 0.889 bits per heavy atom. The minimum Gasteiger partial charge on any atom is -0.121 e. The minimum atomic E-state index is 1.22. The first-order chi connectivity index (χ1) is 8.74. The van der Waals surface area contributed by atoms with Gasteiger partial charge in [-0.1, -0.05) is 58.3 Å². The van der Waals surface area contributed by atoms with Gasteiger partial charge in [-0.2, -0.15) is 0 Å². The third-order valence-electron chi connectivity index (χ3n) is 3.28. The quantitative estimate of drug-likeness (QED) is 0.363. The Labute approximate surface area is 133 Å². The average molecular weight is 396 g/mol. The molecular formula is C15H24Br2S. The Morgan fingerprint density at radius 3 is 1.94 bits per heavy atom. The number of hydrogen-bond acceptors (Lipinski definition) is 1. The summed E-state index contributed by atoms with van der Waals surface area (Å²) in [5.41, 5.74) is 1.47. The van der Waals surface area contributed by atoms with Gasteiger partial charge in [0.2, 0.25) is 0 Å². The molecule has 0 unspecified atom stereocenters. The van der Waals surface area contributed by atoms with Crippen LogP contribution in [0.25, 0.3) is 0 Å². The van der Waals surface area contributed by atoms with Crippen molar-refractivity contribution < 1.29 is 0 Å². The maximum atomic E-state index is 3.62. The smallest absolute Gasteiger partial charge is 0.0742 e. The number of unbranched alkanes of at least 4 members (excludes halogenated alkanes) is 8. The maximum absolute atomic E-state index is 3.62. The van der Waals surface area contributed by atoms with Crippen molar-refractivity contribution in [1.29, 1.82) is 0 Å². The first-order valence-corrected chi connectivity index (χ1v) is 9.58. The van der Waals surface area contributed by atoms with Crippen molar-refractivity contribution >= 4 is 43.2 Å². The predicted octanol–water partition coefficient (Wildman–Crippen LogP) is 7.35. The number of aryl methyl sites for hydroxylation is 1. The summed E-state index contributed by atoms with van der Waals surface area (Å²) in [6.45, 7) is 2.28. The molecule has 0 aromatic carbocycles. The van der Waals surface area contributed by atoms with E-state index in [1.807, 2.05) is 0 Å². The average Bonchev–Trinajstić information content (AvgIpc) is 2.66. The van der Waals surface area contributed by atoms with Crippen LogP contribution in [0.5, 0.6) is 0 Å². The standard InChI is InChI=1S/C15H24Br2S/c1-2-3-4-5-6-7-8-9-10-11-13-12-14(16)18-15(13)17/h12H,2-11H2,1H3. The molecule has 0 aliphatic rings. The second-order valence-electron chi connectivity index (χ2n) is 4.93. The van der Waals surface area contributed by atoms with E-state index >= 15 is 0 Å². The third-order valence-corrected chi connectivity index (χ3v) is 5.74. The van der Waals surface area contributed by atoms with Gasteiger partial charge in [-0.05, 0) is 56.3 Å². The van der Waals surface area contributed by atoms with E-state index in [1.54, 1.807) is 11.3 Å². The summed E-state index contributed by atoms with van der Waals surface area (Å²) in [5, 5.41) is 0. The fraction of sp³-hybridized carbons (Fsp3) is 0.733. The second kappa shape index (κ2) is 10.4. The highest BCUT2D eigenvalue weighted by Crippen LogP contribution is 2.32. The van der Waals surface area contributed by atoms with E-state index in [-0.39, 0.29) is 0 Å². The fourth-order valence-corrected chi connectivity index (χ4v) is 5.08. The molecule has 0 aliphatic carbocycles. The summed E-state index contributed by atoms with van der Waals surface area (Å²) in [6, 6.07) is 2.25. The van der Waals surface area contributed by atoms with Gasteiger partial charge in [0.05, 0.1) is 7.57 Å². The van der Waals surface area contributed by atoms with Gasteiger partial charge in [-0.25, -0.2) is 0 Å². The van der Waals surface area contributed by atoms with E-state index in [9.17, 15) is 0 Å². The predicted molar refractivity (Wildman–Crippen MR) is 90.7 cm³/mol. The van der Waals surface area contributed by atoms with Crippen molar-refractivity contribution in [1.82, 2.24) is 0 Å². The zero-order valence-corrected chi connectivity index (χ0v) is 15.3. The molecule has 0 saturated heterocycles. The van der Waals surface area contributed by atoms with Crippen molar-refractivity contribution in [3.8, 4) is 0 Å². The molecule has 0 saturated carbocycles. The van der Waals surface area contributed by atoms with Crippen LogP contribution in [0.15, 0.2) is 13.6 Å². The Balaban J connectivity index is 1.94. The van der Waals surface area contributed by atoms with Crippen LogP contribution in [-0.2, 0) is 6.42 Å². The lowest BCUT2D eigenvalue weighted by atomic mass is 10.1. The summed E-state index contributed by atoms with van der Waals surface area (Å²) in [5.74, 6) is 0. The molecule has 0 fully saturated rings. The number of halogens is 2. The molecule has 0 aliphatic heterocycles. The van der Waals surface area contributed by atoms with Crippen LogP contribution >= 0.6 is 43.2 Å². The van der Waals surface area contributed by atoms with Crippen LogP contribution in [0.3, 0.4) is 0 Å². The monoisotopic (exact) mass is 394 g/mol. The summed E-state index contributed by atoms with van der Waals surface area (Å²) in [7, 11) is 0. The number of rotatable bonds is 10. The third kappa shape index (κ3) is 7.30. The van der Waals surface area contributed by atoms with Gasteiger partial charge in [-0.3, -0.25) is 0 Å². The minimum absolute atomic E-state index is 1.22. The van der Waals surface area contributed by atoms with Gasteiger partial charge in [0.25, 0.3) is 0 Å². The molecule has 3 heteroatoms. The van der Waals surface area contributed by atoms with Crippen LogP contribution in [0.1, 0.15) is 70.3 Å². The van der Waals surface area contributed by atoms with Crippen LogP contribution in [-0.4, -0.2) is 0 Å². The van der Waals surface area contributed by atoms with Gasteiger partial charge >= 0.3 is 0 Å². The highest BCUT2D eigenvalue weighted by molar-refractivity contribution is 9.12. The molecule has 1 heterocycles. The molecule has 18 heavy (non-hydrogen) atoms. The lowest BCUT2D eigenvalue weighted by Crippen LogP contribution is -1.85. The maximum Gasteiger partial charge on any atom is 0.0742 e. The molecular weight excluding hydrogens is 372 g/mol. The Morgan fingerprint density at radius 2 is 1.44 bits per heavy atom. The Hall–Kier alpha value is 0.660. The lowest BCUT2D eigenvalue weighted by Gasteiger charge is -2.02. The Bertz CT molecular complexity index is 320. The molecule has 1 aromatic heterocycles. The topological polar surface area (TPSA) is 0 Å². The normalized spacial score (nSPS) is 11.1. The van der Waals surface area contributed by atoms with Gasteiger partial charge in [-0.15, -0.1) is 11.3 Å². The van der Waals surface area contributed by atoms with Gasteiger partial charge < -0.3 is 0 Å². The highest BCUT2D eigenvalue weighted by Gasteiger charge is 2.04. The number of hydrogen-bond donors (Lipinski definition) is 0. The molecule has 0 N–H and O–H groups in total. The zero-order chi connectivity index (χ0) is 13.2. The van der Waals surface area contributed by atoms with E-state index in [0.717, 1.165) is 0 Å². The second-order valence-corrected chi connectivity index (χ2v) is 8.68. The van der Waals surface area contributed by atoms with E-state index in [1.165, 1.54) is 77.3 Å². The van der Waals surface area contributed by atoms with Crippen molar-refractivity contribution in [3.63, 3.8) is 0 Å². The summed E-state index contributed by atoms with van der Waals surface area (Å²) >= 11 is 8.94. The summed E-state index contributed by atoms with van der Waals surface area (Å²) in [4.78, 5) is 0. The van der Waals surface area contributed by atoms with Crippen molar-refractivity contribution in [2.24, 2.45) is 0 Å². The number of thiophene rings is 1. The SMILES string of the molecule is CCCCCCCCCCCc1cc(Br)sc1Br. The first kappa shape index (κ1) is 16.7. The van der Waals surface area contributed by atoms with E-state index in [2.05, 4.69) is 44.8 Å². The van der Waals surface area contributed by atoms with Crippen LogP contribution in [0, 0.1) is 0 Å². The Kier molecular flexibility index (Phi) is 9.70. The van der Waals surface area contributed by atoms with Gasteiger partial charge in [0.15, 0.2) is 0 Å². The summed E-state index contributed by atoms with van der Waals surface area (Å²) in [6.07, 6.45) is 13.9. The molecule has 0 amide bonds. The molecule has 0 spiro atoms. The van der Waals surface area contributed by atoms with Gasteiger partial charge in [0, 0.05) is 0 Å². The molecule has 0 nitrogen and oxygen atoms in total. The van der Waals surface area contributed by atoms with E-state index in [0.29, 0.717) is 0 Å². The fourth-order valence-electron chi connectivity index (χ4n) is 2.17. The molecule has 0 bridgehead atoms. The molecule has 1 rings (SSSR count). The molecule has 1 aromatic rings. The van der Waals surface area contributed by atoms with Gasteiger partial charge in [0.1, 0.15) is 0 Å². The van der Waals surface area contributed by atoms with E-state index < -0.39 is 0 Å². The molecule has 0 radical (unpaired) electrons. The van der Waals surface area contributed by atoms with Crippen LogP contribution in [0.2, 0.25) is 0 Å². The van der Waals surface area contributed by atoms with E-state index in [4.69, 9.17) is 0 Å². The molecule has 0 atom stereocenters. The van der Waals surface area contributed by atoms with Crippen molar-refractivity contribution in [2.75, 3.05) is 0 Å². The van der Waals surface area contributed by atoms with Crippen molar-refractivity contribution in [3.05, 3.63) is 19.2 Å². The van der Waals surface area contributed by atoms with Crippen molar-refractivity contribution in [2.45, 2.75) is 71.1 Å². The van der Waals surface area contributed by atoms with Crippen LogP contribution < -0.4 is 0 Å². The first-order valence-electron chi connectivity index (χ1n) is 7.17. The largest absolute Gasteiger partial charge is 0.121 e. The lowest BCUT2D eigenvalue weighted by molar-refractivity contribution is 0.565.